The Balaban J connectivity index is 1.63. The number of carbonyl (C=O) groups excluding carboxylic acids is 1. The van der Waals surface area contributed by atoms with Gasteiger partial charge in [-0.2, -0.15) is 4.73 Å². The fourth-order valence-corrected chi connectivity index (χ4v) is 3.81. The number of aromatic nitrogens is 1. The molecule has 0 aliphatic heterocycles. The highest BCUT2D eigenvalue weighted by molar-refractivity contribution is 5.95. The third kappa shape index (κ3) is 3.97. The fraction of sp³-hybridized carbons (Fsp3) is 0.240. The molecular weight excluding hydrogens is 360 g/mol. The molecule has 0 fully saturated rings. The van der Waals surface area contributed by atoms with Crippen molar-refractivity contribution >= 4 is 17.6 Å². The van der Waals surface area contributed by atoms with Gasteiger partial charge in [0.05, 0.1) is 5.69 Å². The van der Waals surface area contributed by atoms with E-state index in [2.05, 4.69) is 37.3 Å². The van der Waals surface area contributed by atoms with Crippen LogP contribution in [0.25, 0.3) is 11.6 Å². The molecule has 148 valence electrons. The molecule has 1 heterocycles. The summed E-state index contributed by atoms with van der Waals surface area (Å²) in [5.74, 6) is 0.392. The van der Waals surface area contributed by atoms with E-state index in [9.17, 15) is 4.79 Å². The minimum absolute atomic E-state index is 0.0196. The Hall–Kier alpha value is -3.27. The third-order valence-electron chi connectivity index (χ3n) is 5.39. The molecule has 3 aromatic rings. The van der Waals surface area contributed by atoms with E-state index in [0.717, 1.165) is 23.2 Å². The maximum atomic E-state index is 12.4. The summed E-state index contributed by atoms with van der Waals surface area (Å²) < 4.78 is 1.86. The monoisotopic (exact) mass is 386 g/mol. The van der Waals surface area contributed by atoms with Crippen LogP contribution in [0.5, 0.6) is 0 Å². The fourth-order valence-electron chi connectivity index (χ4n) is 3.81. The molecule has 0 saturated carbocycles. The smallest absolute Gasteiger partial charge is 0.253 e. The van der Waals surface area contributed by atoms with Gasteiger partial charge in [-0.15, -0.1) is 0 Å². The van der Waals surface area contributed by atoms with Crippen molar-refractivity contribution in [2.24, 2.45) is 5.92 Å². The molecule has 2 aromatic carbocycles. The standard InChI is InChI=1S/C25H26N2O2/c1-18-14-21-12-13-27(29-17-19-8-5-4-6-9-19)24(21)16-23(18)20-10-7-11-22(15-20)25(28)26(2)3/h4-13,15-16,18H,14,17H2,1-3H3. The second kappa shape index (κ2) is 8.00. The first-order chi connectivity index (χ1) is 14.0. The summed E-state index contributed by atoms with van der Waals surface area (Å²) in [5.41, 5.74) is 6.54. The van der Waals surface area contributed by atoms with Crippen LogP contribution in [0.2, 0.25) is 0 Å². The van der Waals surface area contributed by atoms with Crippen molar-refractivity contribution < 1.29 is 9.63 Å². The number of benzene rings is 2. The molecule has 0 spiro atoms. The first-order valence-corrected chi connectivity index (χ1v) is 9.94. The van der Waals surface area contributed by atoms with Crippen molar-refractivity contribution in [1.82, 2.24) is 9.63 Å². The lowest BCUT2D eigenvalue weighted by Gasteiger charge is -2.23. The maximum Gasteiger partial charge on any atom is 0.253 e. The lowest BCUT2D eigenvalue weighted by Crippen LogP contribution is -2.21. The number of fused-ring (bicyclic) bond motifs is 1. The highest BCUT2D eigenvalue weighted by Gasteiger charge is 2.23. The Morgan fingerprint density at radius 2 is 1.90 bits per heavy atom. The lowest BCUT2D eigenvalue weighted by atomic mass is 9.83. The Morgan fingerprint density at radius 3 is 2.66 bits per heavy atom. The zero-order valence-corrected chi connectivity index (χ0v) is 17.1. The van der Waals surface area contributed by atoms with Crippen LogP contribution >= 0.6 is 0 Å². The lowest BCUT2D eigenvalue weighted by molar-refractivity contribution is 0.0827. The van der Waals surface area contributed by atoms with Gasteiger partial charge in [0.15, 0.2) is 0 Å². The van der Waals surface area contributed by atoms with Crippen LogP contribution in [0.1, 0.15) is 39.7 Å². The molecule has 29 heavy (non-hydrogen) atoms. The van der Waals surface area contributed by atoms with E-state index in [1.54, 1.807) is 19.0 Å². The number of amides is 1. The average Bonchev–Trinajstić information content (AvgIpc) is 3.13. The normalized spacial score (nSPS) is 15.4. The van der Waals surface area contributed by atoms with Crippen LogP contribution < -0.4 is 4.84 Å². The summed E-state index contributed by atoms with van der Waals surface area (Å²) in [6.07, 6.45) is 5.15. The molecule has 4 nitrogen and oxygen atoms in total. The largest absolute Gasteiger partial charge is 0.409 e. The van der Waals surface area contributed by atoms with Gasteiger partial charge >= 0.3 is 0 Å². The van der Waals surface area contributed by atoms with Crippen LogP contribution in [-0.4, -0.2) is 29.6 Å². The van der Waals surface area contributed by atoms with Gasteiger partial charge < -0.3 is 9.74 Å². The topological polar surface area (TPSA) is 34.5 Å². The van der Waals surface area contributed by atoms with Gasteiger partial charge in [-0.1, -0.05) is 49.4 Å². The van der Waals surface area contributed by atoms with Gasteiger partial charge in [0, 0.05) is 25.9 Å². The predicted octanol–water partition coefficient (Wildman–Crippen LogP) is 4.55. The van der Waals surface area contributed by atoms with Crippen LogP contribution in [0.4, 0.5) is 0 Å². The summed E-state index contributed by atoms with van der Waals surface area (Å²) in [5, 5.41) is 0. The van der Waals surface area contributed by atoms with Crippen molar-refractivity contribution in [1.29, 1.82) is 0 Å². The first-order valence-electron chi connectivity index (χ1n) is 9.94. The van der Waals surface area contributed by atoms with E-state index in [1.165, 1.54) is 11.1 Å². The zero-order chi connectivity index (χ0) is 20.4. The van der Waals surface area contributed by atoms with E-state index in [1.807, 2.05) is 47.3 Å². The number of hydrogen-bond donors (Lipinski definition) is 0. The molecule has 0 saturated heterocycles. The molecule has 0 N–H and O–H groups in total. The van der Waals surface area contributed by atoms with Gasteiger partial charge in [-0.05, 0) is 58.9 Å². The predicted molar refractivity (Wildman–Crippen MR) is 116 cm³/mol. The molecular formula is C25H26N2O2. The van der Waals surface area contributed by atoms with E-state index < -0.39 is 0 Å². The molecule has 0 radical (unpaired) electrons. The van der Waals surface area contributed by atoms with Crippen molar-refractivity contribution in [3.63, 3.8) is 0 Å². The Labute approximate surface area is 172 Å². The summed E-state index contributed by atoms with van der Waals surface area (Å²) in [6.45, 7) is 2.75. The van der Waals surface area contributed by atoms with E-state index in [-0.39, 0.29) is 5.91 Å². The van der Waals surface area contributed by atoms with Crippen molar-refractivity contribution in [3.05, 3.63) is 94.8 Å². The van der Waals surface area contributed by atoms with Gasteiger partial charge in [0.25, 0.3) is 5.91 Å². The molecule has 1 amide bonds. The number of allylic oxidation sites excluding steroid dienone is 1. The quantitative estimate of drug-likeness (QED) is 0.645. The second-order valence-corrected chi connectivity index (χ2v) is 7.80. The molecule has 1 aliphatic carbocycles. The third-order valence-corrected chi connectivity index (χ3v) is 5.39. The SMILES string of the molecule is CC1Cc2ccn(OCc3ccccc3)c2C=C1c1cccc(C(=O)N(C)C)c1. The molecule has 1 unspecified atom stereocenters. The second-order valence-electron chi connectivity index (χ2n) is 7.80. The number of hydrogen-bond acceptors (Lipinski definition) is 2. The Kier molecular flexibility index (Phi) is 5.26. The Bertz CT molecular complexity index is 1050. The highest BCUT2D eigenvalue weighted by Crippen LogP contribution is 2.35. The zero-order valence-electron chi connectivity index (χ0n) is 17.1. The molecule has 4 heteroatoms. The summed E-state index contributed by atoms with van der Waals surface area (Å²) in [6, 6.07) is 20.2. The van der Waals surface area contributed by atoms with Gasteiger partial charge in [0.2, 0.25) is 0 Å². The minimum Gasteiger partial charge on any atom is -0.409 e. The molecule has 1 aliphatic rings. The Morgan fingerprint density at radius 1 is 1.10 bits per heavy atom. The van der Waals surface area contributed by atoms with Gasteiger partial charge in [0.1, 0.15) is 6.61 Å². The molecule has 1 atom stereocenters. The van der Waals surface area contributed by atoms with Crippen LogP contribution in [0.15, 0.2) is 66.9 Å². The van der Waals surface area contributed by atoms with E-state index in [4.69, 9.17) is 4.84 Å². The minimum atomic E-state index is 0.0196. The highest BCUT2D eigenvalue weighted by atomic mass is 16.7. The van der Waals surface area contributed by atoms with Crippen LogP contribution in [-0.2, 0) is 13.0 Å². The van der Waals surface area contributed by atoms with Crippen molar-refractivity contribution in [2.75, 3.05) is 14.1 Å². The average molecular weight is 386 g/mol. The summed E-state index contributed by atoms with van der Waals surface area (Å²) >= 11 is 0. The summed E-state index contributed by atoms with van der Waals surface area (Å²) in [4.78, 5) is 20.0. The maximum absolute atomic E-state index is 12.4. The van der Waals surface area contributed by atoms with Gasteiger partial charge in [-0.25, -0.2) is 0 Å². The molecule has 1 aromatic heterocycles. The number of nitrogens with zero attached hydrogens (tertiary/aromatic N) is 2. The van der Waals surface area contributed by atoms with Crippen LogP contribution in [0.3, 0.4) is 0 Å². The van der Waals surface area contributed by atoms with Gasteiger partial charge in [-0.3, -0.25) is 4.79 Å². The van der Waals surface area contributed by atoms with E-state index >= 15 is 0 Å². The number of carbonyl (C=O) groups is 1. The number of rotatable bonds is 5. The summed E-state index contributed by atoms with van der Waals surface area (Å²) in [7, 11) is 3.56. The molecule has 4 rings (SSSR count). The first kappa shape index (κ1) is 19.1. The molecule has 0 bridgehead atoms. The van der Waals surface area contributed by atoms with Crippen molar-refractivity contribution in [2.45, 2.75) is 20.0 Å². The van der Waals surface area contributed by atoms with E-state index in [0.29, 0.717) is 18.1 Å². The van der Waals surface area contributed by atoms with Crippen LogP contribution in [0, 0.1) is 5.92 Å². The van der Waals surface area contributed by atoms with Crippen molar-refractivity contribution in [3.8, 4) is 0 Å².